The maximum atomic E-state index is 11.5. The van der Waals surface area contributed by atoms with Crippen LogP contribution < -0.4 is 10.0 Å². The number of nitrogens with one attached hydrogen (secondary N) is 2. The molecule has 0 aliphatic rings. The summed E-state index contributed by atoms with van der Waals surface area (Å²) >= 11 is 0. The predicted octanol–water partition coefficient (Wildman–Crippen LogP) is 0.613. The summed E-state index contributed by atoms with van der Waals surface area (Å²) < 4.78 is 27.1. The van der Waals surface area contributed by atoms with Gasteiger partial charge in [-0.05, 0) is 36.8 Å². The van der Waals surface area contributed by atoms with E-state index in [0.29, 0.717) is 30.3 Å². The van der Waals surface area contributed by atoms with Crippen LogP contribution in [-0.2, 0) is 23.0 Å². The molecule has 0 unspecified atom stereocenters. The standard InChI is InChI=1S/C15H19N7O2S/c1-2-25(23,24)18-10-7-15-20-19-14-4-3-13(21-22(14)15)17-11-12-5-8-16-9-6-12/h3-6,8-9,18H,2,7,10-11H2,1H3,(H,17,21). The maximum Gasteiger partial charge on any atom is 0.211 e. The first-order chi connectivity index (χ1) is 12.1. The summed E-state index contributed by atoms with van der Waals surface area (Å²) in [6, 6.07) is 7.49. The third-order valence-electron chi connectivity index (χ3n) is 3.60. The van der Waals surface area contributed by atoms with Gasteiger partial charge >= 0.3 is 0 Å². The van der Waals surface area contributed by atoms with Crippen LogP contribution in [0.1, 0.15) is 18.3 Å². The Bertz CT molecular complexity index is 941. The second-order valence-electron chi connectivity index (χ2n) is 5.36. The highest BCUT2D eigenvalue weighted by molar-refractivity contribution is 7.89. The zero-order chi connectivity index (χ0) is 17.7. The van der Waals surface area contributed by atoms with E-state index in [1.165, 1.54) is 0 Å². The van der Waals surface area contributed by atoms with Crippen LogP contribution in [0.15, 0.2) is 36.7 Å². The Morgan fingerprint density at radius 2 is 1.92 bits per heavy atom. The normalized spacial score (nSPS) is 11.7. The number of hydrogen-bond donors (Lipinski definition) is 2. The molecule has 3 aromatic heterocycles. The van der Waals surface area contributed by atoms with E-state index < -0.39 is 10.0 Å². The molecule has 3 heterocycles. The largest absolute Gasteiger partial charge is 0.365 e. The molecule has 0 aliphatic carbocycles. The Kier molecular flexibility index (Phi) is 5.19. The quantitative estimate of drug-likeness (QED) is 0.604. The molecule has 25 heavy (non-hydrogen) atoms. The number of anilines is 1. The average Bonchev–Trinajstić information content (AvgIpc) is 3.03. The lowest BCUT2D eigenvalue weighted by Gasteiger charge is -2.07. The van der Waals surface area contributed by atoms with Crippen molar-refractivity contribution in [3.8, 4) is 0 Å². The van der Waals surface area contributed by atoms with Crippen molar-refractivity contribution in [2.45, 2.75) is 19.9 Å². The first kappa shape index (κ1) is 17.2. The zero-order valence-corrected chi connectivity index (χ0v) is 14.6. The van der Waals surface area contributed by atoms with Crippen molar-refractivity contribution in [1.82, 2.24) is 29.5 Å². The number of hydrogen-bond acceptors (Lipinski definition) is 7. The van der Waals surface area contributed by atoms with Gasteiger partial charge in [0.15, 0.2) is 11.5 Å². The predicted molar refractivity (Wildman–Crippen MR) is 93.5 cm³/mol. The summed E-state index contributed by atoms with van der Waals surface area (Å²) in [5.74, 6) is 1.33. The molecule has 0 saturated carbocycles. The summed E-state index contributed by atoms with van der Waals surface area (Å²) in [6.07, 6.45) is 3.88. The minimum atomic E-state index is -3.22. The molecule has 0 spiro atoms. The molecule has 0 amide bonds. The molecule has 2 N–H and O–H groups in total. The highest BCUT2D eigenvalue weighted by Gasteiger charge is 2.10. The van der Waals surface area contributed by atoms with Crippen molar-refractivity contribution in [3.63, 3.8) is 0 Å². The van der Waals surface area contributed by atoms with E-state index in [-0.39, 0.29) is 12.3 Å². The summed E-state index contributed by atoms with van der Waals surface area (Å²) in [7, 11) is -3.22. The Morgan fingerprint density at radius 3 is 2.68 bits per heavy atom. The average molecular weight is 361 g/mol. The van der Waals surface area contributed by atoms with E-state index in [9.17, 15) is 8.42 Å². The van der Waals surface area contributed by atoms with Crippen molar-refractivity contribution in [3.05, 3.63) is 48.0 Å². The van der Waals surface area contributed by atoms with Gasteiger partial charge in [-0.1, -0.05) is 0 Å². The first-order valence-electron chi connectivity index (χ1n) is 7.89. The van der Waals surface area contributed by atoms with E-state index in [1.807, 2.05) is 24.3 Å². The molecular weight excluding hydrogens is 342 g/mol. The second kappa shape index (κ2) is 7.53. The number of nitrogens with zero attached hydrogens (tertiary/aromatic N) is 5. The first-order valence-corrected chi connectivity index (χ1v) is 9.54. The molecule has 0 radical (unpaired) electrons. The van der Waals surface area contributed by atoms with Crippen LogP contribution >= 0.6 is 0 Å². The van der Waals surface area contributed by atoms with Gasteiger partial charge < -0.3 is 5.32 Å². The molecule has 0 fully saturated rings. The van der Waals surface area contributed by atoms with Gasteiger partial charge in [-0.2, -0.15) is 4.52 Å². The van der Waals surface area contributed by atoms with E-state index in [4.69, 9.17) is 0 Å². The number of rotatable bonds is 8. The Hall–Kier alpha value is -2.59. The van der Waals surface area contributed by atoms with Gasteiger partial charge in [0.2, 0.25) is 10.0 Å². The number of pyridine rings is 1. The van der Waals surface area contributed by atoms with Crippen LogP contribution in [0.5, 0.6) is 0 Å². The summed E-state index contributed by atoms with van der Waals surface area (Å²) in [4.78, 5) is 3.99. The highest BCUT2D eigenvalue weighted by atomic mass is 32.2. The summed E-state index contributed by atoms with van der Waals surface area (Å²) in [5.41, 5.74) is 1.71. The van der Waals surface area contributed by atoms with Crippen LogP contribution in [0.3, 0.4) is 0 Å². The molecule has 0 aliphatic heterocycles. The molecule has 0 bridgehead atoms. The van der Waals surface area contributed by atoms with Crippen LogP contribution in [0.25, 0.3) is 5.65 Å². The van der Waals surface area contributed by atoms with Crippen molar-refractivity contribution >= 4 is 21.5 Å². The van der Waals surface area contributed by atoms with Crippen LogP contribution in [0, 0.1) is 0 Å². The van der Waals surface area contributed by atoms with Crippen LogP contribution in [0.2, 0.25) is 0 Å². The van der Waals surface area contributed by atoms with Gasteiger partial charge in [-0.15, -0.1) is 15.3 Å². The lowest BCUT2D eigenvalue weighted by Crippen LogP contribution is -2.27. The lowest BCUT2D eigenvalue weighted by molar-refractivity contribution is 0.581. The molecule has 0 atom stereocenters. The Labute approximate surface area is 145 Å². The van der Waals surface area contributed by atoms with Gasteiger partial charge in [0.25, 0.3) is 0 Å². The highest BCUT2D eigenvalue weighted by Crippen LogP contribution is 2.09. The van der Waals surface area contributed by atoms with Crippen molar-refractivity contribution in [1.29, 1.82) is 0 Å². The van der Waals surface area contributed by atoms with E-state index in [1.54, 1.807) is 23.8 Å². The Balaban J connectivity index is 1.69. The smallest absolute Gasteiger partial charge is 0.211 e. The van der Waals surface area contributed by atoms with Gasteiger partial charge in [-0.3, -0.25) is 4.98 Å². The van der Waals surface area contributed by atoms with Gasteiger partial charge in [-0.25, -0.2) is 13.1 Å². The minimum absolute atomic E-state index is 0.0505. The SMILES string of the molecule is CCS(=O)(=O)NCCc1nnc2ccc(NCc3ccncc3)nn12. The number of fused-ring (bicyclic) bond motifs is 1. The molecule has 9 nitrogen and oxygen atoms in total. The number of sulfonamides is 1. The monoisotopic (exact) mass is 361 g/mol. The van der Waals surface area contributed by atoms with Crippen molar-refractivity contribution in [2.75, 3.05) is 17.6 Å². The van der Waals surface area contributed by atoms with Gasteiger partial charge in [0.1, 0.15) is 5.82 Å². The molecule has 3 rings (SSSR count). The maximum absolute atomic E-state index is 11.5. The van der Waals surface area contributed by atoms with Gasteiger partial charge in [0.05, 0.1) is 5.75 Å². The van der Waals surface area contributed by atoms with E-state index in [0.717, 1.165) is 5.56 Å². The number of aromatic nitrogens is 5. The van der Waals surface area contributed by atoms with E-state index >= 15 is 0 Å². The minimum Gasteiger partial charge on any atom is -0.365 e. The zero-order valence-electron chi connectivity index (χ0n) is 13.8. The third-order valence-corrected chi connectivity index (χ3v) is 5.01. The molecular formula is C15H19N7O2S. The van der Waals surface area contributed by atoms with Crippen LogP contribution in [0.4, 0.5) is 5.82 Å². The molecule has 0 saturated heterocycles. The van der Waals surface area contributed by atoms with Crippen LogP contribution in [-0.4, -0.2) is 45.5 Å². The van der Waals surface area contributed by atoms with Crippen molar-refractivity contribution in [2.24, 2.45) is 0 Å². The molecule has 10 heteroatoms. The molecule has 132 valence electrons. The fraction of sp³-hybridized carbons (Fsp3) is 0.333. The van der Waals surface area contributed by atoms with Crippen molar-refractivity contribution < 1.29 is 8.42 Å². The fourth-order valence-electron chi connectivity index (χ4n) is 2.20. The fourth-order valence-corrected chi connectivity index (χ4v) is 2.81. The summed E-state index contributed by atoms with van der Waals surface area (Å²) in [6.45, 7) is 2.47. The second-order valence-corrected chi connectivity index (χ2v) is 7.46. The topological polar surface area (TPSA) is 114 Å². The van der Waals surface area contributed by atoms with E-state index in [2.05, 4.69) is 30.3 Å². The lowest BCUT2D eigenvalue weighted by atomic mass is 10.3. The Morgan fingerprint density at radius 1 is 1.12 bits per heavy atom. The summed E-state index contributed by atoms with van der Waals surface area (Å²) in [5, 5.41) is 15.8. The van der Waals surface area contributed by atoms with Gasteiger partial charge in [0, 0.05) is 31.9 Å². The third kappa shape index (κ3) is 4.48. The molecule has 3 aromatic rings. The molecule has 0 aromatic carbocycles.